The maximum Gasteiger partial charge on any atom is 0.293 e. The lowest BCUT2D eigenvalue weighted by atomic mass is 10.0. The highest BCUT2D eigenvalue weighted by atomic mass is 28.4. The Morgan fingerprint density at radius 3 is 1.82 bits per heavy atom. The van der Waals surface area contributed by atoms with Gasteiger partial charge in [-0.2, -0.15) is 0 Å². The Morgan fingerprint density at radius 2 is 1.40 bits per heavy atom. The molecule has 10 heteroatoms. The Balaban J connectivity index is 2.86. The third kappa shape index (κ3) is 6.72. The van der Waals surface area contributed by atoms with Crippen LogP contribution in [-0.4, -0.2) is 52.5 Å². The van der Waals surface area contributed by atoms with Crippen molar-refractivity contribution in [1.29, 1.82) is 0 Å². The van der Waals surface area contributed by atoms with Gasteiger partial charge >= 0.3 is 0 Å². The first kappa shape index (κ1) is 34.6. The minimum Gasteiger partial charge on any atom is -0.544 e. The van der Waals surface area contributed by atoms with Gasteiger partial charge in [-0.3, -0.25) is 15.1 Å². The third-order valence-electron chi connectivity index (χ3n) is 8.96. The van der Waals surface area contributed by atoms with E-state index in [1.54, 1.807) is 19.4 Å². The van der Waals surface area contributed by atoms with Gasteiger partial charge in [0, 0.05) is 13.3 Å². The maximum absolute atomic E-state index is 11.9. The number of nitrogens with zero attached hydrogens (tertiary/aromatic N) is 2. The predicted molar refractivity (Wildman–Crippen MR) is 167 cm³/mol. The molecule has 1 aliphatic rings. The molecule has 228 valence electrons. The van der Waals surface area contributed by atoms with E-state index in [0.29, 0.717) is 38.8 Å². The van der Waals surface area contributed by atoms with Gasteiger partial charge in [-0.25, -0.2) is 0 Å². The lowest BCUT2D eigenvalue weighted by Gasteiger charge is -2.50. The fourth-order valence-electron chi connectivity index (χ4n) is 7.38. The first-order valence-corrected chi connectivity index (χ1v) is 19.2. The first-order valence-electron chi connectivity index (χ1n) is 14.9. The molecule has 0 N–H and O–H groups in total. The Kier molecular flexibility index (Phi) is 12.2. The Hall–Kier alpha value is -1.60. The molecule has 0 amide bonds. The van der Waals surface area contributed by atoms with Gasteiger partial charge in [0.15, 0.2) is 0 Å². The van der Waals surface area contributed by atoms with Crippen molar-refractivity contribution in [3.63, 3.8) is 0 Å². The normalized spacial score (nSPS) is 20.8. The average Bonchev–Trinajstić information content (AvgIpc) is 2.85. The molecule has 2 heterocycles. The van der Waals surface area contributed by atoms with Crippen molar-refractivity contribution < 1.29 is 23.2 Å². The van der Waals surface area contributed by atoms with Crippen LogP contribution in [0.3, 0.4) is 0 Å². The van der Waals surface area contributed by atoms with Crippen LogP contribution in [0.4, 0.5) is 5.69 Å². The third-order valence-corrected chi connectivity index (χ3v) is 21.0. The van der Waals surface area contributed by atoms with E-state index in [1.807, 2.05) is 6.08 Å². The average molecular weight is 595 g/mol. The highest BCUT2D eigenvalue weighted by Crippen LogP contribution is 2.49. The zero-order valence-corrected chi connectivity index (χ0v) is 29.1. The number of nitro groups is 1. The van der Waals surface area contributed by atoms with Gasteiger partial charge < -0.3 is 18.3 Å². The lowest BCUT2D eigenvalue weighted by Crippen LogP contribution is -2.57. The van der Waals surface area contributed by atoms with E-state index >= 15 is 0 Å². The highest BCUT2D eigenvalue weighted by molar-refractivity contribution is 6.78. The number of rotatable bonds is 14. The minimum atomic E-state index is -2.41. The van der Waals surface area contributed by atoms with Crippen molar-refractivity contribution >= 4 is 22.3 Å². The summed E-state index contributed by atoms with van der Waals surface area (Å²) in [6.45, 7) is 27.4. The van der Waals surface area contributed by atoms with Gasteiger partial charge in [0.25, 0.3) is 14.0 Å². The Morgan fingerprint density at radius 1 is 0.900 bits per heavy atom. The molecule has 1 aromatic rings. The van der Waals surface area contributed by atoms with Gasteiger partial charge in [-0.15, -0.1) is 0 Å². The highest BCUT2D eigenvalue weighted by Gasteiger charge is 2.53. The summed E-state index contributed by atoms with van der Waals surface area (Å²) in [5, 5.41) is 11.9. The molecule has 1 aliphatic heterocycles. The Bertz CT molecular complexity index is 968. The number of pyridine rings is 1. The SMILES string of the molecule is COC[C@H]1OC(c2ccncc2[N+](=O)[O-])C=C(O[Si](C(C)C)(C(C)C)C(C)C)[C@@H]1O[Si](C(C)C)(C(C)C)C(C)C. The molecule has 0 spiro atoms. The van der Waals surface area contributed by atoms with E-state index < -0.39 is 39.9 Å². The molecule has 0 saturated heterocycles. The maximum atomic E-state index is 11.9. The topological polar surface area (TPSA) is 93.0 Å². The molecule has 3 atom stereocenters. The molecule has 0 aliphatic carbocycles. The van der Waals surface area contributed by atoms with Crippen LogP contribution in [0.5, 0.6) is 0 Å². The molecule has 0 bridgehead atoms. The van der Waals surface area contributed by atoms with Crippen LogP contribution in [0.15, 0.2) is 30.3 Å². The summed E-state index contributed by atoms with van der Waals surface area (Å²) in [5.74, 6) is 0.742. The van der Waals surface area contributed by atoms with Crippen molar-refractivity contribution in [3.8, 4) is 0 Å². The molecule has 0 radical (unpaired) electrons. The molecule has 0 saturated carbocycles. The summed E-state index contributed by atoms with van der Waals surface area (Å²) < 4.78 is 27.1. The quantitative estimate of drug-likeness (QED) is 0.121. The van der Waals surface area contributed by atoms with Crippen LogP contribution in [0, 0.1) is 10.1 Å². The molecule has 0 fully saturated rings. The van der Waals surface area contributed by atoms with Crippen LogP contribution in [-0.2, 0) is 18.3 Å². The minimum absolute atomic E-state index is 0.0750. The lowest BCUT2D eigenvalue weighted by molar-refractivity contribution is -0.386. The summed E-state index contributed by atoms with van der Waals surface area (Å²) in [5.41, 5.74) is 2.48. The first-order chi connectivity index (χ1) is 18.6. The summed E-state index contributed by atoms with van der Waals surface area (Å²) >= 11 is 0. The Labute approximate surface area is 244 Å². The summed E-state index contributed by atoms with van der Waals surface area (Å²) in [4.78, 5) is 15.5. The fourth-order valence-corrected chi connectivity index (χ4v) is 18.2. The number of aromatic nitrogens is 1. The van der Waals surface area contributed by atoms with Crippen LogP contribution < -0.4 is 0 Å². The number of hydrogen-bond donors (Lipinski definition) is 0. The second-order valence-corrected chi connectivity index (χ2v) is 23.9. The molecule has 1 aromatic heterocycles. The van der Waals surface area contributed by atoms with Crippen molar-refractivity contribution in [2.24, 2.45) is 0 Å². The second-order valence-electron chi connectivity index (χ2n) is 13.1. The molecular formula is C30H54N2O6Si2. The second kappa shape index (κ2) is 14.0. The van der Waals surface area contributed by atoms with E-state index in [2.05, 4.69) is 88.1 Å². The van der Waals surface area contributed by atoms with E-state index in [-0.39, 0.29) is 12.3 Å². The molecule has 40 heavy (non-hydrogen) atoms. The van der Waals surface area contributed by atoms with Crippen molar-refractivity contribution in [2.75, 3.05) is 13.7 Å². The monoisotopic (exact) mass is 594 g/mol. The summed E-state index contributed by atoms with van der Waals surface area (Å²) in [6, 6.07) is 1.66. The van der Waals surface area contributed by atoms with Gasteiger partial charge in [0.05, 0.1) is 17.1 Å². The van der Waals surface area contributed by atoms with E-state index in [1.165, 1.54) is 6.20 Å². The number of ether oxygens (including phenoxy) is 2. The molecular weight excluding hydrogens is 541 g/mol. The van der Waals surface area contributed by atoms with Gasteiger partial charge in [0.2, 0.25) is 8.32 Å². The number of hydrogen-bond acceptors (Lipinski definition) is 7. The smallest absolute Gasteiger partial charge is 0.293 e. The molecule has 1 unspecified atom stereocenters. The van der Waals surface area contributed by atoms with Crippen LogP contribution in [0.25, 0.3) is 0 Å². The largest absolute Gasteiger partial charge is 0.544 e. The summed E-state index contributed by atoms with van der Waals surface area (Å²) in [7, 11) is -3.13. The molecule has 8 nitrogen and oxygen atoms in total. The van der Waals surface area contributed by atoms with Crippen LogP contribution in [0.1, 0.15) is 94.8 Å². The van der Waals surface area contributed by atoms with E-state index in [4.69, 9.17) is 18.3 Å². The van der Waals surface area contributed by atoms with Crippen molar-refractivity contribution in [2.45, 2.75) is 135 Å². The van der Waals surface area contributed by atoms with Crippen molar-refractivity contribution in [1.82, 2.24) is 4.98 Å². The van der Waals surface area contributed by atoms with E-state index in [0.717, 1.165) is 5.76 Å². The molecule has 2 rings (SSSR count). The van der Waals surface area contributed by atoms with Gasteiger partial charge in [-0.05, 0) is 45.4 Å². The van der Waals surface area contributed by atoms with Crippen molar-refractivity contribution in [3.05, 3.63) is 46.0 Å². The molecule has 0 aromatic carbocycles. The number of methoxy groups -OCH3 is 1. The van der Waals surface area contributed by atoms with Crippen LogP contribution in [0.2, 0.25) is 33.2 Å². The standard InChI is InChI=1S/C30H54N2O6Si2/c1-19(2)39(20(3)4,21(5)6)37-28-16-27(25-14-15-31-17-26(25)32(33)34)36-29(18-35-13)30(28)38-40(22(7)8,23(9)10)24(11)12/h14-17,19-24,27,29-30H,18H2,1-13H3/t27?,29-,30+/m1/s1. The van der Waals surface area contributed by atoms with Crippen LogP contribution >= 0.6 is 0 Å². The fraction of sp³-hybridized carbons (Fsp3) is 0.767. The zero-order chi connectivity index (χ0) is 30.6. The zero-order valence-electron chi connectivity index (χ0n) is 27.1. The van der Waals surface area contributed by atoms with Gasteiger partial charge in [0.1, 0.15) is 30.3 Å². The predicted octanol–water partition coefficient (Wildman–Crippen LogP) is 8.71. The summed E-state index contributed by atoms with van der Waals surface area (Å²) in [6.07, 6.45) is 3.13. The van der Waals surface area contributed by atoms with Gasteiger partial charge in [-0.1, -0.05) is 83.1 Å². The van der Waals surface area contributed by atoms with E-state index in [9.17, 15) is 10.1 Å².